The van der Waals surface area contributed by atoms with Crippen LogP contribution in [-0.2, 0) is 18.9 Å². The van der Waals surface area contributed by atoms with E-state index in [9.17, 15) is 0 Å². The highest BCUT2D eigenvalue weighted by atomic mass is 32.2. The third-order valence-corrected chi connectivity index (χ3v) is 13.4. The van der Waals surface area contributed by atoms with Gasteiger partial charge in [-0.3, -0.25) is 0 Å². The summed E-state index contributed by atoms with van der Waals surface area (Å²) in [4.78, 5) is 0. The fourth-order valence-corrected chi connectivity index (χ4v) is 10.5. The van der Waals surface area contributed by atoms with Crippen molar-refractivity contribution >= 4 is 70.6 Å². The van der Waals surface area contributed by atoms with Crippen LogP contribution in [0.3, 0.4) is 0 Å². The summed E-state index contributed by atoms with van der Waals surface area (Å²) in [5.41, 5.74) is 0. The quantitative estimate of drug-likeness (QED) is 0.238. The van der Waals surface area contributed by atoms with Gasteiger partial charge in [-0.1, -0.05) is 90.0 Å². The van der Waals surface area contributed by atoms with Gasteiger partial charge < -0.3 is 18.9 Å². The van der Waals surface area contributed by atoms with Crippen LogP contribution in [0.2, 0.25) is 0 Å². The molecule has 0 N–H and O–H groups in total. The van der Waals surface area contributed by atoms with Gasteiger partial charge in [0.1, 0.15) is 13.6 Å². The second-order valence-electron chi connectivity index (χ2n) is 9.18. The van der Waals surface area contributed by atoms with E-state index in [1.54, 1.807) is 0 Å². The summed E-state index contributed by atoms with van der Waals surface area (Å²) in [5, 5.41) is 3.58. The molecular weight excluding hydrogens is 677 g/mol. The van der Waals surface area contributed by atoms with E-state index in [1.165, 1.54) is 51.8 Å². The van der Waals surface area contributed by atoms with Gasteiger partial charge in [-0.05, 0) is 67.8 Å². The van der Waals surface area contributed by atoms with Crippen molar-refractivity contribution in [3.63, 3.8) is 0 Å². The van der Waals surface area contributed by atoms with Crippen molar-refractivity contribution in [2.75, 3.05) is 72.3 Å². The summed E-state index contributed by atoms with van der Waals surface area (Å²) in [5.74, 6) is 8.47. The molecule has 5 aliphatic heterocycles. The lowest BCUT2D eigenvalue weighted by Gasteiger charge is -2.17. The Hall–Kier alpha value is 1.94. The van der Waals surface area contributed by atoms with Crippen molar-refractivity contribution in [1.82, 2.24) is 0 Å². The molecule has 5 aliphatic rings. The fraction of sp³-hybridized carbons (Fsp3) is 1.00. The summed E-state index contributed by atoms with van der Waals surface area (Å²) in [6.07, 6.45) is 4.28. The summed E-state index contributed by atoms with van der Waals surface area (Å²) in [7, 11) is 0. The van der Waals surface area contributed by atoms with E-state index in [-0.39, 0.29) is 0 Å². The summed E-state index contributed by atoms with van der Waals surface area (Å²) < 4.78 is 20.8. The van der Waals surface area contributed by atoms with Crippen LogP contribution in [0.5, 0.6) is 0 Å². The topological polar surface area (TPSA) is 36.9 Å². The third-order valence-electron chi connectivity index (χ3n) is 5.15. The zero-order valence-electron chi connectivity index (χ0n) is 32.6. The van der Waals surface area contributed by atoms with Gasteiger partial charge in [-0.2, -0.15) is 35.3 Å². The monoisotopic (exact) mass is 756 g/mol. The standard InChI is InChI=1S/2C5H10O2.3C5H10S2.5C2H6/c1-5-2-6-4-7-3-5;1-5-2-3-6-4-7-5;1-5-2-6-4-7-3-5;1-5-2-3-6-4-7-5;1-5-6-3-2-4-7-5;5*1-2/h5*5H,2-4H2,1H3;5*1-2H3. The molecule has 2 unspecified atom stereocenters. The molecule has 4 nitrogen and oxygen atoms in total. The summed E-state index contributed by atoms with van der Waals surface area (Å²) in [6.45, 7) is 34.6. The van der Waals surface area contributed by atoms with Gasteiger partial charge in [0, 0.05) is 25.9 Å². The molecule has 5 fully saturated rings. The molecule has 45 heavy (non-hydrogen) atoms. The van der Waals surface area contributed by atoms with E-state index in [4.69, 9.17) is 18.9 Å². The minimum absolute atomic E-state index is 0.411. The largest absolute Gasteiger partial charge is 0.355 e. The van der Waals surface area contributed by atoms with E-state index in [2.05, 4.69) is 105 Å². The van der Waals surface area contributed by atoms with Crippen molar-refractivity contribution in [3.05, 3.63) is 0 Å². The molecule has 0 spiro atoms. The number of thioether (sulfide) groups is 6. The molecule has 5 rings (SSSR count). The van der Waals surface area contributed by atoms with Crippen LogP contribution in [0, 0.1) is 11.8 Å². The van der Waals surface area contributed by atoms with Crippen molar-refractivity contribution < 1.29 is 18.9 Å². The van der Waals surface area contributed by atoms with Crippen LogP contribution < -0.4 is 0 Å². The van der Waals surface area contributed by atoms with Crippen LogP contribution in [0.1, 0.15) is 123 Å². The van der Waals surface area contributed by atoms with Gasteiger partial charge in [0.25, 0.3) is 0 Å². The smallest absolute Gasteiger partial charge is 0.147 e. The Morgan fingerprint density at radius 1 is 0.511 bits per heavy atom. The van der Waals surface area contributed by atoms with Crippen molar-refractivity contribution in [3.8, 4) is 0 Å². The predicted octanol–water partition coefficient (Wildman–Crippen LogP) is 13.0. The number of rotatable bonds is 0. The molecule has 0 aromatic heterocycles. The highest BCUT2D eigenvalue weighted by molar-refractivity contribution is 8.17. The van der Waals surface area contributed by atoms with E-state index in [1.807, 2.05) is 69.2 Å². The molecule has 5 saturated heterocycles. The molecule has 0 aliphatic carbocycles. The van der Waals surface area contributed by atoms with Gasteiger partial charge in [0.15, 0.2) is 0 Å². The van der Waals surface area contributed by atoms with E-state index < -0.39 is 0 Å². The summed E-state index contributed by atoms with van der Waals surface area (Å²) in [6, 6.07) is 0. The van der Waals surface area contributed by atoms with Gasteiger partial charge in [-0.15, -0.1) is 35.3 Å². The second kappa shape index (κ2) is 52.7. The van der Waals surface area contributed by atoms with Crippen LogP contribution in [0.15, 0.2) is 0 Å². The first-order valence-corrected chi connectivity index (χ1v) is 24.5. The molecule has 0 aromatic rings. The first-order valence-electron chi connectivity index (χ1n) is 17.9. The minimum atomic E-state index is 0.411. The van der Waals surface area contributed by atoms with Crippen LogP contribution >= 0.6 is 70.6 Å². The highest BCUT2D eigenvalue weighted by Crippen LogP contribution is 2.29. The third kappa shape index (κ3) is 50.4. The van der Waals surface area contributed by atoms with Crippen molar-refractivity contribution in [2.45, 2.75) is 139 Å². The maximum absolute atomic E-state index is 5.06. The second-order valence-corrected chi connectivity index (χ2v) is 17.7. The van der Waals surface area contributed by atoms with Gasteiger partial charge in [0.05, 0.1) is 25.9 Å². The average molecular weight is 757 g/mol. The fourth-order valence-electron chi connectivity index (χ4n) is 2.93. The molecule has 0 saturated carbocycles. The molecule has 0 amide bonds. The summed E-state index contributed by atoms with van der Waals surface area (Å²) >= 11 is 12.4. The Labute approximate surface area is 310 Å². The predicted molar refractivity (Wildman–Crippen MR) is 226 cm³/mol. The van der Waals surface area contributed by atoms with E-state index in [0.29, 0.717) is 25.6 Å². The van der Waals surface area contributed by atoms with E-state index >= 15 is 0 Å². The van der Waals surface area contributed by atoms with Crippen molar-refractivity contribution in [1.29, 1.82) is 0 Å². The molecule has 5 heterocycles. The van der Waals surface area contributed by atoms with Gasteiger partial charge in [0.2, 0.25) is 0 Å². The molecule has 0 bridgehead atoms. The Bertz CT molecular complexity index is 347. The lowest BCUT2D eigenvalue weighted by atomic mass is 10.2. The molecule has 10 heteroatoms. The van der Waals surface area contributed by atoms with Crippen LogP contribution in [-0.4, -0.2) is 88.3 Å². The van der Waals surface area contributed by atoms with Crippen LogP contribution in [0.4, 0.5) is 0 Å². The number of hydrogen-bond donors (Lipinski definition) is 0. The molecule has 280 valence electrons. The highest BCUT2D eigenvalue weighted by Gasteiger charge is 2.09. The zero-order valence-corrected chi connectivity index (χ0v) is 37.5. The maximum Gasteiger partial charge on any atom is 0.147 e. The Morgan fingerprint density at radius 3 is 1.27 bits per heavy atom. The number of hydrogen-bond acceptors (Lipinski definition) is 10. The van der Waals surface area contributed by atoms with E-state index in [0.717, 1.165) is 42.0 Å². The van der Waals surface area contributed by atoms with Crippen LogP contribution in [0.25, 0.3) is 0 Å². The zero-order chi connectivity index (χ0) is 35.6. The SMILES string of the molecule is CC.CC.CC.CC.CC.CC1CCOCO1.CC1CCSCS1.CC1COCOC1.CC1CSCSC1.CC1SCCCS1. The molecule has 0 aromatic carbocycles. The lowest BCUT2D eigenvalue weighted by molar-refractivity contribution is -0.132. The first-order chi connectivity index (χ1) is 22.0. The number of ether oxygens (including phenoxy) is 4. The Balaban J connectivity index is -0.000000138. The van der Waals surface area contributed by atoms with Gasteiger partial charge >= 0.3 is 0 Å². The minimum Gasteiger partial charge on any atom is -0.355 e. The van der Waals surface area contributed by atoms with Gasteiger partial charge in [-0.25, -0.2) is 0 Å². The first kappa shape index (κ1) is 56.3. The molecule has 0 radical (unpaired) electrons. The Kier molecular flexibility index (Phi) is 66.0. The van der Waals surface area contributed by atoms with Crippen molar-refractivity contribution in [2.24, 2.45) is 11.8 Å². The normalized spacial score (nSPS) is 22.7. The Morgan fingerprint density at radius 2 is 1.04 bits per heavy atom. The molecule has 2 atom stereocenters. The molecular formula is C35H80O4S6. The lowest BCUT2D eigenvalue weighted by Crippen LogP contribution is -2.20. The average Bonchev–Trinajstić information content (AvgIpc) is 3.12. The maximum atomic E-state index is 5.06.